The van der Waals surface area contributed by atoms with Crippen molar-refractivity contribution in [2.45, 2.75) is 13.8 Å². The average Bonchev–Trinajstić information content (AvgIpc) is 2.69. The van der Waals surface area contributed by atoms with E-state index in [1.165, 1.54) is 46.5 Å². The quantitative estimate of drug-likeness (QED) is 0.367. The highest BCUT2D eigenvalue weighted by molar-refractivity contribution is 6.31. The maximum Gasteiger partial charge on any atom is 0.308 e. The Morgan fingerprint density at radius 3 is 1.90 bits per heavy atom. The topological polar surface area (TPSA) is 105 Å². The number of fused-ring (bicyclic) bond motifs is 2. The van der Waals surface area contributed by atoms with Gasteiger partial charge in [-0.15, -0.1) is 0 Å². The number of benzene rings is 2. The normalized spacial score (nSPS) is 12.0. The summed E-state index contributed by atoms with van der Waals surface area (Å²) < 4.78 is 20.9. The van der Waals surface area contributed by atoms with Gasteiger partial charge in [-0.1, -0.05) is 0 Å². The van der Waals surface area contributed by atoms with Crippen molar-refractivity contribution >= 4 is 23.3 Å². The van der Waals surface area contributed by atoms with Crippen LogP contribution in [0.1, 0.15) is 56.0 Å². The summed E-state index contributed by atoms with van der Waals surface area (Å²) in [5, 5.41) is 0. The molecule has 3 rings (SSSR count). The maximum atomic E-state index is 13.4. The molecule has 0 bridgehead atoms. The number of hydrogen-bond donors (Lipinski definition) is 0. The molecule has 0 spiro atoms. The number of rotatable bonds is 5. The number of carbonyl (C=O) groups is 4. The zero-order valence-electron chi connectivity index (χ0n) is 16.5. The summed E-state index contributed by atoms with van der Waals surface area (Å²) in [7, 11) is 4.08. The van der Waals surface area contributed by atoms with Crippen LogP contribution in [0, 0.1) is 0 Å². The minimum absolute atomic E-state index is 0.00105. The van der Waals surface area contributed by atoms with Crippen molar-refractivity contribution < 1.29 is 38.1 Å². The molecular formula is C21H18O8. The first-order chi connectivity index (χ1) is 13.7. The molecule has 2 aromatic rings. The first-order valence-electron chi connectivity index (χ1n) is 8.54. The van der Waals surface area contributed by atoms with Crippen LogP contribution in [-0.2, 0) is 4.79 Å². The summed E-state index contributed by atoms with van der Waals surface area (Å²) in [6.07, 6.45) is 0. The van der Waals surface area contributed by atoms with E-state index in [0.29, 0.717) is 5.75 Å². The maximum absolute atomic E-state index is 13.4. The van der Waals surface area contributed by atoms with Gasteiger partial charge in [-0.2, -0.15) is 0 Å². The smallest absolute Gasteiger partial charge is 0.308 e. The van der Waals surface area contributed by atoms with E-state index < -0.39 is 23.3 Å². The monoisotopic (exact) mass is 398 g/mol. The molecule has 0 unspecified atom stereocenters. The summed E-state index contributed by atoms with van der Waals surface area (Å²) >= 11 is 0. The van der Waals surface area contributed by atoms with Gasteiger partial charge in [0.15, 0.2) is 17.3 Å². The first-order valence-corrected chi connectivity index (χ1v) is 8.54. The number of ether oxygens (including phenoxy) is 4. The Balaban J connectivity index is 2.43. The fourth-order valence-corrected chi connectivity index (χ4v) is 3.33. The van der Waals surface area contributed by atoms with Crippen molar-refractivity contribution in [2.75, 3.05) is 21.3 Å². The number of carbonyl (C=O) groups excluding carboxylic acids is 4. The molecule has 0 fully saturated rings. The van der Waals surface area contributed by atoms with E-state index in [1.807, 2.05) is 0 Å². The first kappa shape index (κ1) is 20.1. The predicted octanol–water partition coefficient (Wildman–Crippen LogP) is 2.62. The van der Waals surface area contributed by atoms with Gasteiger partial charge in [-0.3, -0.25) is 19.2 Å². The van der Waals surface area contributed by atoms with E-state index in [0.717, 1.165) is 6.92 Å². The third-order valence-corrected chi connectivity index (χ3v) is 4.54. The highest BCUT2D eigenvalue weighted by Crippen LogP contribution is 2.44. The molecule has 8 nitrogen and oxygen atoms in total. The highest BCUT2D eigenvalue weighted by Gasteiger charge is 2.39. The van der Waals surface area contributed by atoms with Crippen LogP contribution in [0.2, 0.25) is 0 Å². The van der Waals surface area contributed by atoms with Crippen LogP contribution in [0.5, 0.6) is 23.0 Å². The fraction of sp³-hybridized carbons (Fsp3) is 0.238. The molecule has 0 amide bonds. The van der Waals surface area contributed by atoms with Crippen LogP contribution in [0.3, 0.4) is 0 Å². The summed E-state index contributed by atoms with van der Waals surface area (Å²) in [5.41, 5.74) is -0.259. The van der Waals surface area contributed by atoms with E-state index in [4.69, 9.17) is 18.9 Å². The van der Waals surface area contributed by atoms with Crippen LogP contribution in [0.25, 0.3) is 0 Å². The zero-order chi connectivity index (χ0) is 21.5. The highest BCUT2D eigenvalue weighted by atomic mass is 16.5. The van der Waals surface area contributed by atoms with Gasteiger partial charge in [-0.25, -0.2) is 0 Å². The minimum atomic E-state index is -0.754. The van der Waals surface area contributed by atoms with Gasteiger partial charge in [0.2, 0.25) is 5.78 Å². The van der Waals surface area contributed by atoms with Crippen molar-refractivity contribution in [1.29, 1.82) is 0 Å². The number of Topliss-reactive ketones (excluding diaryl/α,β-unsaturated/α-hetero) is 1. The minimum Gasteiger partial charge on any atom is -0.497 e. The Bertz CT molecular complexity index is 1080. The summed E-state index contributed by atoms with van der Waals surface area (Å²) in [6.45, 7) is 2.37. The number of ketones is 3. The van der Waals surface area contributed by atoms with Gasteiger partial charge in [0.05, 0.1) is 32.5 Å². The van der Waals surface area contributed by atoms with Crippen LogP contribution in [-0.4, -0.2) is 44.6 Å². The lowest BCUT2D eigenvalue weighted by Gasteiger charge is -2.24. The SMILES string of the molecule is COc1cc(OC)c2c(c1)C(=O)c1cc(OC)c(C(C)=O)c(OC(C)=O)c1C2=O. The van der Waals surface area contributed by atoms with Gasteiger partial charge in [-0.05, 0) is 19.1 Å². The van der Waals surface area contributed by atoms with Gasteiger partial charge >= 0.3 is 5.97 Å². The average molecular weight is 398 g/mol. The van der Waals surface area contributed by atoms with E-state index in [2.05, 4.69) is 0 Å². The lowest BCUT2D eigenvalue weighted by Crippen LogP contribution is -2.25. The Kier molecular flexibility index (Phi) is 5.11. The fourth-order valence-electron chi connectivity index (χ4n) is 3.33. The Morgan fingerprint density at radius 2 is 1.38 bits per heavy atom. The van der Waals surface area contributed by atoms with Gasteiger partial charge in [0, 0.05) is 24.1 Å². The molecule has 1 aliphatic rings. The Labute approximate surface area is 166 Å². The van der Waals surface area contributed by atoms with Crippen molar-refractivity contribution in [3.63, 3.8) is 0 Å². The molecule has 0 aromatic heterocycles. The van der Waals surface area contributed by atoms with Gasteiger partial charge < -0.3 is 18.9 Å². The summed E-state index contributed by atoms with van der Waals surface area (Å²) in [4.78, 5) is 50.6. The summed E-state index contributed by atoms with van der Waals surface area (Å²) in [5.74, 6) is -2.21. The molecule has 8 heteroatoms. The molecule has 2 aromatic carbocycles. The van der Waals surface area contributed by atoms with Crippen molar-refractivity contribution in [3.05, 3.63) is 46.0 Å². The van der Waals surface area contributed by atoms with Crippen molar-refractivity contribution in [1.82, 2.24) is 0 Å². The van der Waals surface area contributed by atoms with E-state index in [-0.39, 0.29) is 45.1 Å². The molecule has 0 heterocycles. The molecular weight excluding hydrogens is 380 g/mol. The third-order valence-electron chi connectivity index (χ3n) is 4.54. The molecule has 29 heavy (non-hydrogen) atoms. The third kappa shape index (κ3) is 3.12. The van der Waals surface area contributed by atoms with Crippen LogP contribution in [0.4, 0.5) is 0 Å². The zero-order valence-corrected chi connectivity index (χ0v) is 16.5. The second-order valence-corrected chi connectivity index (χ2v) is 6.27. The van der Waals surface area contributed by atoms with Crippen LogP contribution < -0.4 is 18.9 Å². The second kappa shape index (κ2) is 7.38. The number of methoxy groups -OCH3 is 3. The van der Waals surface area contributed by atoms with E-state index in [9.17, 15) is 19.2 Å². The lowest BCUT2D eigenvalue weighted by atomic mass is 9.81. The Morgan fingerprint density at radius 1 is 0.759 bits per heavy atom. The van der Waals surface area contributed by atoms with E-state index >= 15 is 0 Å². The molecule has 0 N–H and O–H groups in total. The standard InChI is InChI=1S/C21H18O8/c1-9(22)16-15(28-5)8-13-18(21(16)29-10(2)23)20(25)17-12(19(13)24)6-11(26-3)7-14(17)27-4/h6-8H,1-5H3. The molecule has 0 aliphatic heterocycles. The molecule has 0 saturated carbocycles. The van der Waals surface area contributed by atoms with Gasteiger partial charge in [0.1, 0.15) is 22.8 Å². The largest absolute Gasteiger partial charge is 0.497 e. The van der Waals surface area contributed by atoms with E-state index in [1.54, 1.807) is 0 Å². The predicted molar refractivity (Wildman–Crippen MR) is 101 cm³/mol. The lowest BCUT2D eigenvalue weighted by molar-refractivity contribution is -0.131. The Hall–Kier alpha value is -3.68. The summed E-state index contributed by atoms with van der Waals surface area (Å²) in [6, 6.07) is 4.20. The molecule has 150 valence electrons. The van der Waals surface area contributed by atoms with Crippen molar-refractivity contribution in [3.8, 4) is 23.0 Å². The second-order valence-electron chi connectivity index (χ2n) is 6.27. The molecule has 1 aliphatic carbocycles. The van der Waals surface area contributed by atoms with Crippen LogP contribution >= 0.6 is 0 Å². The van der Waals surface area contributed by atoms with Gasteiger partial charge in [0.25, 0.3) is 0 Å². The molecule has 0 atom stereocenters. The molecule has 0 saturated heterocycles. The molecule has 0 radical (unpaired) electrons. The van der Waals surface area contributed by atoms with Crippen molar-refractivity contribution in [2.24, 2.45) is 0 Å². The number of hydrogen-bond acceptors (Lipinski definition) is 8. The number of esters is 1. The van der Waals surface area contributed by atoms with Crippen LogP contribution in [0.15, 0.2) is 18.2 Å².